The van der Waals surface area contributed by atoms with Crippen molar-refractivity contribution in [2.24, 2.45) is 5.92 Å². The normalized spacial score (nSPS) is 15.7. The topological polar surface area (TPSA) is 75.7 Å². The molecule has 0 radical (unpaired) electrons. The van der Waals surface area contributed by atoms with Crippen LogP contribution in [0.15, 0.2) is 53.4 Å². The Morgan fingerprint density at radius 1 is 1.13 bits per heavy atom. The van der Waals surface area contributed by atoms with Crippen LogP contribution in [0.25, 0.3) is 0 Å². The average Bonchev–Trinajstić information content (AvgIpc) is 2.75. The Morgan fingerprint density at radius 2 is 1.83 bits per heavy atom. The molecule has 0 saturated carbocycles. The molecule has 0 spiro atoms. The van der Waals surface area contributed by atoms with Gasteiger partial charge in [0.1, 0.15) is 5.75 Å². The summed E-state index contributed by atoms with van der Waals surface area (Å²) in [7, 11) is -3.50. The summed E-state index contributed by atoms with van der Waals surface area (Å²) in [4.78, 5) is 12.8. The van der Waals surface area contributed by atoms with E-state index in [4.69, 9.17) is 4.74 Å². The third-order valence-electron chi connectivity index (χ3n) is 5.36. The molecule has 1 aliphatic heterocycles. The molecule has 2 aromatic carbocycles. The van der Waals surface area contributed by atoms with Gasteiger partial charge in [-0.2, -0.15) is 4.31 Å². The fourth-order valence-electron chi connectivity index (χ4n) is 3.35. The lowest BCUT2D eigenvalue weighted by atomic mass is 10.0. The number of unbranched alkanes of at least 4 members (excludes halogenated alkanes) is 1. The highest BCUT2D eigenvalue weighted by molar-refractivity contribution is 7.89. The minimum atomic E-state index is -3.50. The molecule has 6 nitrogen and oxygen atoms in total. The summed E-state index contributed by atoms with van der Waals surface area (Å²) < 4.78 is 32.8. The summed E-state index contributed by atoms with van der Waals surface area (Å²) in [5.41, 5.74) is 1.03. The molecule has 2 aromatic rings. The second-order valence-corrected chi connectivity index (χ2v) is 9.73. The molecule has 0 aromatic heterocycles. The van der Waals surface area contributed by atoms with E-state index < -0.39 is 10.0 Å². The largest absolute Gasteiger partial charge is 0.494 e. The Labute approximate surface area is 179 Å². The summed E-state index contributed by atoms with van der Waals surface area (Å²) >= 11 is 0. The Morgan fingerprint density at radius 3 is 2.50 bits per heavy atom. The highest BCUT2D eigenvalue weighted by atomic mass is 32.2. The number of hydrogen-bond donors (Lipinski definition) is 1. The zero-order valence-electron chi connectivity index (χ0n) is 17.6. The lowest BCUT2D eigenvalue weighted by Gasteiger charge is -2.29. The lowest BCUT2D eigenvalue weighted by molar-refractivity contribution is 0.102. The maximum Gasteiger partial charge on any atom is 0.255 e. The molecule has 0 bridgehead atoms. The van der Waals surface area contributed by atoms with Gasteiger partial charge >= 0.3 is 0 Å². The van der Waals surface area contributed by atoms with Gasteiger partial charge in [-0.05, 0) is 67.6 Å². The van der Waals surface area contributed by atoms with Crippen LogP contribution in [0.1, 0.15) is 49.9 Å². The van der Waals surface area contributed by atoms with Crippen molar-refractivity contribution in [3.05, 3.63) is 54.1 Å². The summed E-state index contributed by atoms with van der Waals surface area (Å²) in [6.07, 6.45) is 3.77. The highest BCUT2D eigenvalue weighted by Crippen LogP contribution is 2.24. The van der Waals surface area contributed by atoms with Crippen LogP contribution < -0.4 is 10.1 Å². The van der Waals surface area contributed by atoms with E-state index in [0.29, 0.717) is 42.6 Å². The van der Waals surface area contributed by atoms with Gasteiger partial charge in [0.15, 0.2) is 0 Å². The number of amides is 1. The van der Waals surface area contributed by atoms with Gasteiger partial charge in [-0.15, -0.1) is 0 Å². The summed E-state index contributed by atoms with van der Waals surface area (Å²) in [5, 5.41) is 2.81. The van der Waals surface area contributed by atoms with Crippen LogP contribution in [0, 0.1) is 5.92 Å². The van der Waals surface area contributed by atoms with Crippen LogP contribution in [-0.4, -0.2) is 38.3 Å². The minimum absolute atomic E-state index is 0.251. The first-order valence-electron chi connectivity index (χ1n) is 10.5. The molecule has 30 heavy (non-hydrogen) atoms. The third-order valence-corrected chi connectivity index (χ3v) is 7.27. The van der Waals surface area contributed by atoms with Crippen molar-refractivity contribution in [2.45, 2.75) is 44.4 Å². The van der Waals surface area contributed by atoms with Crippen LogP contribution in [0.4, 0.5) is 5.69 Å². The maximum atomic E-state index is 12.8. The quantitative estimate of drug-likeness (QED) is 0.624. The summed E-state index contributed by atoms with van der Waals surface area (Å²) in [5.74, 6) is 0.953. The van der Waals surface area contributed by atoms with E-state index in [9.17, 15) is 13.2 Å². The fraction of sp³-hybridized carbons (Fsp3) is 0.435. The zero-order valence-corrected chi connectivity index (χ0v) is 18.5. The molecule has 1 heterocycles. The van der Waals surface area contributed by atoms with Crippen molar-refractivity contribution in [1.82, 2.24) is 4.31 Å². The van der Waals surface area contributed by atoms with Crippen molar-refractivity contribution in [3.63, 3.8) is 0 Å². The van der Waals surface area contributed by atoms with E-state index in [1.54, 1.807) is 46.8 Å². The second kappa shape index (κ2) is 10.1. The van der Waals surface area contributed by atoms with E-state index in [2.05, 4.69) is 19.2 Å². The lowest BCUT2D eigenvalue weighted by Crippen LogP contribution is -2.37. The number of ether oxygens (including phenoxy) is 1. The second-order valence-electron chi connectivity index (χ2n) is 7.79. The molecule has 162 valence electrons. The number of carbonyl (C=O) groups excluding carboxylic acids is 1. The van der Waals surface area contributed by atoms with Crippen LogP contribution in [0.3, 0.4) is 0 Å². The number of hydrogen-bond acceptors (Lipinski definition) is 4. The first-order valence-corrected chi connectivity index (χ1v) is 12.0. The molecule has 1 aliphatic rings. The molecule has 0 aliphatic carbocycles. The van der Waals surface area contributed by atoms with Gasteiger partial charge in [0.05, 0.1) is 11.5 Å². The minimum Gasteiger partial charge on any atom is -0.494 e. The number of anilines is 1. The molecule has 0 unspecified atom stereocenters. The molecular weight excluding hydrogens is 400 g/mol. The Hall–Kier alpha value is -2.38. The smallest absolute Gasteiger partial charge is 0.255 e. The number of piperidine rings is 1. The van der Waals surface area contributed by atoms with Crippen molar-refractivity contribution in [1.29, 1.82) is 0 Å². The van der Waals surface area contributed by atoms with E-state index in [0.717, 1.165) is 25.7 Å². The van der Waals surface area contributed by atoms with Gasteiger partial charge in [-0.25, -0.2) is 8.42 Å². The van der Waals surface area contributed by atoms with Crippen LogP contribution >= 0.6 is 0 Å². The number of rotatable bonds is 8. The van der Waals surface area contributed by atoms with Crippen molar-refractivity contribution in [2.75, 3.05) is 25.0 Å². The Kier molecular flexibility index (Phi) is 7.50. The molecule has 7 heteroatoms. The number of nitrogens with zero attached hydrogens (tertiary/aromatic N) is 1. The van der Waals surface area contributed by atoms with E-state index in [1.165, 1.54) is 0 Å². The van der Waals surface area contributed by atoms with E-state index in [1.807, 2.05) is 6.07 Å². The van der Waals surface area contributed by atoms with Gasteiger partial charge in [0, 0.05) is 24.3 Å². The molecule has 1 N–H and O–H groups in total. The zero-order chi connectivity index (χ0) is 21.6. The summed E-state index contributed by atoms with van der Waals surface area (Å²) in [6.45, 7) is 5.97. The first kappa shape index (κ1) is 22.3. The van der Waals surface area contributed by atoms with Gasteiger partial charge in [0.25, 0.3) is 5.91 Å². The molecule has 1 amide bonds. The van der Waals surface area contributed by atoms with Crippen LogP contribution in [0.2, 0.25) is 0 Å². The van der Waals surface area contributed by atoms with Crippen molar-refractivity contribution < 1.29 is 17.9 Å². The number of nitrogens with one attached hydrogen (secondary N) is 1. The Bertz CT molecular complexity index is 949. The van der Waals surface area contributed by atoms with Crippen molar-refractivity contribution in [3.8, 4) is 5.75 Å². The average molecular weight is 431 g/mol. The molecular formula is C23H30N2O4S. The van der Waals surface area contributed by atoms with Gasteiger partial charge in [-0.3, -0.25) is 4.79 Å². The van der Waals surface area contributed by atoms with E-state index >= 15 is 0 Å². The van der Waals surface area contributed by atoms with Crippen LogP contribution in [0.5, 0.6) is 5.75 Å². The number of sulfonamides is 1. The molecule has 1 fully saturated rings. The van der Waals surface area contributed by atoms with Crippen molar-refractivity contribution >= 4 is 21.6 Å². The highest BCUT2D eigenvalue weighted by Gasteiger charge is 2.27. The van der Waals surface area contributed by atoms with Gasteiger partial charge < -0.3 is 10.1 Å². The first-order chi connectivity index (χ1) is 14.4. The SMILES string of the molecule is CCCCOc1cccc(C(=O)Nc2ccc(S(=O)(=O)N3CCC(C)CC3)cc2)c1. The number of carbonyl (C=O) groups is 1. The predicted octanol–water partition coefficient (Wildman–Crippen LogP) is 4.54. The third kappa shape index (κ3) is 5.61. The van der Waals surface area contributed by atoms with E-state index in [-0.39, 0.29) is 10.8 Å². The maximum absolute atomic E-state index is 12.8. The summed E-state index contributed by atoms with van der Waals surface area (Å²) in [6, 6.07) is 13.4. The molecule has 3 rings (SSSR count). The van der Waals surface area contributed by atoms with Gasteiger partial charge in [0.2, 0.25) is 10.0 Å². The van der Waals surface area contributed by atoms with Gasteiger partial charge in [-0.1, -0.05) is 26.3 Å². The Balaban J connectivity index is 1.64. The molecule has 1 saturated heterocycles. The molecule has 0 atom stereocenters. The predicted molar refractivity (Wildman–Crippen MR) is 118 cm³/mol. The fourth-order valence-corrected chi connectivity index (χ4v) is 4.82. The standard InChI is InChI=1S/C23H30N2O4S/c1-3-4-16-29-21-7-5-6-19(17-21)23(26)24-20-8-10-22(11-9-20)30(27,28)25-14-12-18(2)13-15-25/h5-11,17-18H,3-4,12-16H2,1-2H3,(H,24,26). The van der Waals surface area contributed by atoms with Crippen LogP contribution in [-0.2, 0) is 10.0 Å². The number of benzene rings is 2. The monoisotopic (exact) mass is 430 g/mol.